The van der Waals surface area contributed by atoms with Gasteiger partial charge in [-0.3, -0.25) is 0 Å². The van der Waals surface area contributed by atoms with Crippen molar-refractivity contribution in [2.24, 2.45) is 5.92 Å². The van der Waals surface area contributed by atoms with Crippen molar-refractivity contribution < 1.29 is 23.5 Å². The average molecular weight is 359 g/mol. The minimum atomic E-state index is -0.835. The first-order chi connectivity index (χ1) is 12.5. The number of halogens is 1. The van der Waals surface area contributed by atoms with Gasteiger partial charge >= 0.3 is 12.1 Å². The van der Waals surface area contributed by atoms with E-state index in [1.807, 2.05) is 30.3 Å². The van der Waals surface area contributed by atoms with Crippen LogP contribution >= 0.6 is 0 Å². The number of esters is 1. The van der Waals surface area contributed by atoms with Crippen LogP contribution in [0.2, 0.25) is 0 Å². The SMILES string of the molecule is CC(C)[C@H](NC(=O)OCc1ccccc1)C(=O)OCc1ccc(F)cc1. The molecule has 0 bridgehead atoms. The Labute approximate surface area is 152 Å². The molecule has 0 aromatic heterocycles. The van der Waals surface area contributed by atoms with Crippen LogP contribution in [0.4, 0.5) is 9.18 Å². The Morgan fingerprint density at radius 3 is 2.12 bits per heavy atom. The number of benzene rings is 2. The van der Waals surface area contributed by atoms with E-state index < -0.39 is 18.1 Å². The molecule has 0 aliphatic heterocycles. The number of nitrogens with one attached hydrogen (secondary N) is 1. The van der Waals surface area contributed by atoms with Gasteiger partial charge in [-0.2, -0.15) is 0 Å². The second-order valence-electron chi connectivity index (χ2n) is 6.16. The van der Waals surface area contributed by atoms with E-state index in [0.29, 0.717) is 5.56 Å². The number of rotatable bonds is 7. The van der Waals surface area contributed by atoms with Crippen LogP contribution in [-0.2, 0) is 27.5 Å². The normalized spacial score (nSPS) is 11.7. The van der Waals surface area contributed by atoms with Crippen molar-refractivity contribution in [1.29, 1.82) is 0 Å². The zero-order valence-corrected chi connectivity index (χ0v) is 14.8. The van der Waals surface area contributed by atoms with Crippen LogP contribution in [0.1, 0.15) is 25.0 Å². The van der Waals surface area contributed by atoms with Crippen LogP contribution in [0.15, 0.2) is 54.6 Å². The van der Waals surface area contributed by atoms with E-state index in [2.05, 4.69) is 5.32 Å². The monoisotopic (exact) mass is 359 g/mol. The highest BCUT2D eigenvalue weighted by Crippen LogP contribution is 2.09. The summed E-state index contributed by atoms with van der Waals surface area (Å²) in [5.41, 5.74) is 1.51. The van der Waals surface area contributed by atoms with Crippen molar-refractivity contribution in [3.8, 4) is 0 Å². The molecule has 0 aliphatic rings. The molecule has 0 fully saturated rings. The number of alkyl carbamates (subject to hydrolysis) is 1. The number of hydrogen-bond donors (Lipinski definition) is 1. The lowest BCUT2D eigenvalue weighted by molar-refractivity contribution is -0.148. The Bertz CT molecular complexity index is 716. The topological polar surface area (TPSA) is 64.6 Å². The summed E-state index contributed by atoms with van der Waals surface area (Å²) in [5, 5.41) is 2.54. The summed E-state index contributed by atoms with van der Waals surface area (Å²) in [6.07, 6.45) is -0.689. The van der Waals surface area contributed by atoms with Gasteiger partial charge in [0.2, 0.25) is 0 Å². The summed E-state index contributed by atoms with van der Waals surface area (Å²) in [6, 6.07) is 14.1. The van der Waals surface area contributed by atoms with Crippen molar-refractivity contribution in [1.82, 2.24) is 5.32 Å². The van der Waals surface area contributed by atoms with E-state index in [1.165, 1.54) is 24.3 Å². The van der Waals surface area contributed by atoms with Gasteiger partial charge in [-0.05, 0) is 29.2 Å². The lowest BCUT2D eigenvalue weighted by atomic mass is 10.1. The number of carbonyl (C=O) groups excluding carboxylic acids is 2. The highest BCUT2D eigenvalue weighted by Gasteiger charge is 2.26. The third kappa shape index (κ3) is 6.20. The number of carbonyl (C=O) groups is 2. The third-order valence-electron chi connectivity index (χ3n) is 3.70. The van der Waals surface area contributed by atoms with E-state index in [9.17, 15) is 14.0 Å². The third-order valence-corrected chi connectivity index (χ3v) is 3.70. The Morgan fingerprint density at radius 2 is 1.50 bits per heavy atom. The van der Waals surface area contributed by atoms with Crippen LogP contribution in [0, 0.1) is 11.7 Å². The second kappa shape index (κ2) is 9.56. The van der Waals surface area contributed by atoms with Gasteiger partial charge in [0.15, 0.2) is 0 Å². The number of amides is 1. The zero-order valence-electron chi connectivity index (χ0n) is 14.8. The maximum absolute atomic E-state index is 12.9. The summed E-state index contributed by atoms with van der Waals surface area (Å²) in [7, 11) is 0. The van der Waals surface area contributed by atoms with Crippen LogP contribution in [0.3, 0.4) is 0 Å². The van der Waals surface area contributed by atoms with Crippen molar-refractivity contribution in [3.05, 3.63) is 71.5 Å². The molecule has 0 spiro atoms. The first-order valence-electron chi connectivity index (χ1n) is 8.34. The van der Waals surface area contributed by atoms with E-state index >= 15 is 0 Å². The Morgan fingerprint density at radius 1 is 0.923 bits per heavy atom. The molecule has 0 saturated heterocycles. The summed E-state index contributed by atoms with van der Waals surface area (Å²) >= 11 is 0. The first-order valence-corrected chi connectivity index (χ1v) is 8.34. The molecule has 2 aromatic carbocycles. The predicted molar refractivity (Wildman–Crippen MR) is 94.6 cm³/mol. The van der Waals surface area contributed by atoms with Gasteiger partial charge in [-0.1, -0.05) is 56.3 Å². The van der Waals surface area contributed by atoms with E-state index in [-0.39, 0.29) is 24.9 Å². The molecule has 0 aliphatic carbocycles. The molecule has 138 valence electrons. The van der Waals surface area contributed by atoms with Gasteiger partial charge in [0.05, 0.1) is 0 Å². The van der Waals surface area contributed by atoms with E-state index in [1.54, 1.807) is 13.8 Å². The van der Waals surface area contributed by atoms with Crippen LogP contribution < -0.4 is 5.32 Å². The fourth-order valence-electron chi connectivity index (χ4n) is 2.21. The van der Waals surface area contributed by atoms with Gasteiger partial charge in [0.1, 0.15) is 25.1 Å². The average Bonchev–Trinajstić information content (AvgIpc) is 2.64. The molecular formula is C20H22FNO4. The van der Waals surface area contributed by atoms with Crippen molar-refractivity contribution in [2.45, 2.75) is 33.1 Å². The molecule has 2 aromatic rings. The van der Waals surface area contributed by atoms with Gasteiger partial charge in [0.25, 0.3) is 0 Å². The predicted octanol–water partition coefficient (Wildman–Crippen LogP) is 3.82. The van der Waals surface area contributed by atoms with E-state index in [0.717, 1.165) is 5.56 Å². The quantitative estimate of drug-likeness (QED) is 0.764. The van der Waals surface area contributed by atoms with Crippen molar-refractivity contribution in [3.63, 3.8) is 0 Å². The maximum Gasteiger partial charge on any atom is 0.408 e. The lowest BCUT2D eigenvalue weighted by Crippen LogP contribution is -2.45. The molecule has 2 rings (SSSR count). The van der Waals surface area contributed by atoms with Gasteiger partial charge in [0, 0.05) is 0 Å². The fourth-order valence-corrected chi connectivity index (χ4v) is 2.21. The Balaban J connectivity index is 1.85. The molecule has 1 atom stereocenters. The summed E-state index contributed by atoms with van der Waals surface area (Å²) in [5.74, 6) is -1.11. The standard InChI is InChI=1S/C20H22FNO4/c1-14(2)18(19(23)25-12-16-8-10-17(21)11-9-16)22-20(24)26-13-15-6-4-3-5-7-15/h3-11,14,18H,12-13H2,1-2H3,(H,22,24)/t18-/m0/s1. The molecule has 0 unspecified atom stereocenters. The van der Waals surface area contributed by atoms with Gasteiger partial charge < -0.3 is 14.8 Å². The Hall–Kier alpha value is -2.89. The van der Waals surface area contributed by atoms with Crippen LogP contribution in [0.25, 0.3) is 0 Å². The van der Waals surface area contributed by atoms with Crippen molar-refractivity contribution >= 4 is 12.1 Å². The van der Waals surface area contributed by atoms with E-state index in [4.69, 9.17) is 9.47 Å². The smallest absolute Gasteiger partial charge is 0.408 e. The highest BCUT2D eigenvalue weighted by molar-refractivity contribution is 5.81. The van der Waals surface area contributed by atoms with Gasteiger partial charge in [-0.25, -0.2) is 14.0 Å². The van der Waals surface area contributed by atoms with Crippen molar-refractivity contribution in [2.75, 3.05) is 0 Å². The first kappa shape index (κ1) is 19.4. The molecule has 26 heavy (non-hydrogen) atoms. The molecular weight excluding hydrogens is 337 g/mol. The molecule has 0 saturated carbocycles. The lowest BCUT2D eigenvalue weighted by Gasteiger charge is -2.20. The number of hydrogen-bond acceptors (Lipinski definition) is 4. The largest absolute Gasteiger partial charge is 0.459 e. The highest BCUT2D eigenvalue weighted by atomic mass is 19.1. The molecule has 6 heteroatoms. The summed E-state index contributed by atoms with van der Waals surface area (Å²) < 4.78 is 23.2. The molecule has 0 heterocycles. The van der Waals surface area contributed by atoms with Gasteiger partial charge in [-0.15, -0.1) is 0 Å². The minimum Gasteiger partial charge on any atom is -0.459 e. The minimum absolute atomic E-state index is 0.00305. The molecule has 1 amide bonds. The zero-order chi connectivity index (χ0) is 18.9. The summed E-state index contributed by atoms with van der Waals surface area (Å²) in [4.78, 5) is 24.2. The Kier molecular flexibility index (Phi) is 7.14. The molecule has 1 N–H and O–H groups in total. The maximum atomic E-state index is 12.9. The van der Waals surface area contributed by atoms with Crippen LogP contribution in [0.5, 0.6) is 0 Å². The molecule has 0 radical (unpaired) electrons. The number of ether oxygens (including phenoxy) is 2. The fraction of sp³-hybridized carbons (Fsp3) is 0.300. The molecule has 5 nitrogen and oxygen atoms in total. The second-order valence-corrected chi connectivity index (χ2v) is 6.16. The van der Waals surface area contributed by atoms with Crippen LogP contribution in [-0.4, -0.2) is 18.1 Å². The summed E-state index contributed by atoms with van der Waals surface area (Å²) in [6.45, 7) is 3.70.